The molecule has 0 fully saturated rings. The topological polar surface area (TPSA) is 20.3 Å². The second-order valence-electron chi connectivity index (χ2n) is 5.25. The summed E-state index contributed by atoms with van der Waals surface area (Å²) in [6.07, 6.45) is 2.80. The zero-order valence-corrected chi connectivity index (χ0v) is 13.9. The van der Waals surface area contributed by atoms with Crippen LogP contribution in [0.2, 0.25) is 5.02 Å². The van der Waals surface area contributed by atoms with E-state index in [0.29, 0.717) is 13.1 Å². The Morgan fingerprint density at radius 2 is 1.96 bits per heavy atom. The third-order valence-corrected chi connectivity index (χ3v) is 4.91. The van der Waals surface area contributed by atoms with Crippen LogP contribution in [0.3, 0.4) is 0 Å². The lowest BCUT2D eigenvalue weighted by Gasteiger charge is -2.27. The Kier molecular flexibility index (Phi) is 5.03. The van der Waals surface area contributed by atoms with Gasteiger partial charge in [-0.1, -0.05) is 53.7 Å². The Morgan fingerprint density at radius 3 is 2.70 bits per heavy atom. The van der Waals surface area contributed by atoms with Crippen LogP contribution in [-0.4, -0.2) is 17.4 Å². The Morgan fingerprint density at radius 1 is 1.17 bits per heavy atom. The zero-order chi connectivity index (χ0) is 16.2. The number of halogens is 2. The molecule has 1 aliphatic rings. The number of rotatable bonds is 4. The second kappa shape index (κ2) is 7.20. The first-order valence-electron chi connectivity index (χ1n) is 7.30. The first-order valence-corrected chi connectivity index (χ1v) is 8.49. The maximum absolute atomic E-state index is 13.2. The minimum atomic E-state index is -0.444. The molecule has 23 heavy (non-hydrogen) atoms. The van der Waals surface area contributed by atoms with E-state index in [9.17, 15) is 9.18 Å². The molecule has 2 nitrogen and oxygen atoms in total. The molecule has 118 valence electrons. The van der Waals surface area contributed by atoms with Gasteiger partial charge in [-0.3, -0.25) is 4.79 Å². The summed E-state index contributed by atoms with van der Waals surface area (Å²) in [6.45, 7) is 1.10. The van der Waals surface area contributed by atoms with Crippen LogP contribution in [-0.2, 0) is 11.3 Å². The van der Waals surface area contributed by atoms with E-state index in [2.05, 4.69) is 0 Å². The molecule has 0 radical (unpaired) electrons. The van der Waals surface area contributed by atoms with Crippen molar-refractivity contribution >= 4 is 29.3 Å². The Hall–Kier alpha value is -1.78. The SMILES string of the molecule is O=C1C(Sc2ccccc2)=CCCN1Cc1ccc(F)c(Cl)c1. The molecule has 0 spiro atoms. The van der Waals surface area contributed by atoms with Crippen LogP contribution in [0.15, 0.2) is 64.4 Å². The lowest BCUT2D eigenvalue weighted by molar-refractivity contribution is -0.127. The van der Waals surface area contributed by atoms with Crippen molar-refractivity contribution in [1.29, 1.82) is 0 Å². The molecule has 0 aromatic heterocycles. The van der Waals surface area contributed by atoms with Crippen LogP contribution < -0.4 is 0 Å². The summed E-state index contributed by atoms with van der Waals surface area (Å²) in [5.74, 6) is -0.439. The third kappa shape index (κ3) is 3.95. The molecule has 5 heteroatoms. The Labute approximate surface area is 143 Å². The number of hydrogen-bond donors (Lipinski definition) is 0. The van der Waals surface area contributed by atoms with E-state index in [0.717, 1.165) is 21.8 Å². The van der Waals surface area contributed by atoms with Gasteiger partial charge in [0.15, 0.2) is 0 Å². The first kappa shape index (κ1) is 16.1. The quantitative estimate of drug-likeness (QED) is 0.785. The summed E-state index contributed by atoms with van der Waals surface area (Å²) in [6, 6.07) is 14.4. The molecule has 1 heterocycles. The third-order valence-electron chi connectivity index (χ3n) is 3.56. The number of carbonyl (C=O) groups is 1. The molecule has 0 unspecified atom stereocenters. The van der Waals surface area contributed by atoms with Gasteiger partial charge in [0.25, 0.3) is 5.91 Å². The van der Waals surface area contributed by atoms with Crippen molar-refractivity contribution in [2.75, 3.05) is 6.54 Å². The summed E-state index contributed by atoms with van der Waals surface area (Å²) in [7, 11) is 0. The molecule has 0 N–H and O–H groups in total. The summed E-state index contributed by atoms with van der Waals surface area (Å²) in [5.41, 5.74) is 0.829. The summed E-state index contributed by atoms with van der Waals surface area (Å²) in [5, 5.41) is 0.0846. The molecule has 2 aromatic carbocycles. The van der Waals surface area contributed by atoms with E-state index < -0.39 is 5.82 Å². The fourth-order valence-electron chi connectivity index (χ4n) is 2.41. The summed E-state index contributed by atoms with van der Waals surface area (Å²) < 4.78 is 13.2. The predicted molar refractivity (Wildman–Crippen MR) is 91.8 cm³/mol. The molecule has 1 aliphatic heterocycles. The molecule has 0 atom stereocenters. The zero-order valence-electron chi connectivity index (χ0n) is 12.3. The molecule has 2 aromatic rings. The Balaban J connectivity index is 1.71. The maximum Gasteiger partial charge on any atom is 0.260 e. The number of hydrogen-bond acceptors (Lipinski definition) is 2. The maximum atomic E-state index is 13.2. The van der Waals surface area contributed by atoms with E-state index >= 15 is 0 Å². The van der Waals surface area contributed by atoms with Crippen molar-refractivity contribution in [2.45, 2.75) is 17.9 Å². The lowest BCUT2D eigenvalue weighted by atomic mass is 10.1. The van der Waals surface area contributed by atoms with Crippen LogP contribution in [0.4, 0.5) is 4.39 Å². The van der Waals surface area contributed by atoms with E-state index in [4.69, 9.17) is 11.6 Å². The van der Waals surface area contributed by atoms with Crippen LogP contribution >= 0.6 is 23.4 Å². The van der Waals surface area contributed by atoms with Crippen LogP contribution in [0.25, 0.3) is 0 Å². The van der Waals surface area contributed by atoms with Gasteiger partial charge in [0, 0.05) is 18.0 Å². The van der Waals surface area contributed by atoms with Gasteiger partial charge in [0.1, 0.15) is 5.82 Å². The number of carbonyl (C=O) groups excluding carboxylic acids is 1. The van der Waals surface area contributed by atoms with Gasteiger partial charge in [-0.2, -0.15) is 0 Å². The number of nitrogens with zero attached hydrogens (tertiary/aromatic N) is 1. The van der Waals surface area contributed by atoms with Gasteiger partial charge in [-0.15, -0.1) is 0 Å². The summed E-state index contributed by atoms with van der Waals surface area (Å²) >= 11 is 7.29. The molecule has 0 bridgehead atoms. The largest absolute Gasteiger partial charge is 0.334 e. The highest BCUT2D eigenvalue weighted by molar-refractivity contribution is 8.04. The molecule has 3 rings (SSSR count). The van der Waals surface area contributed by atoms with Crippen molar-refractivity contribution in [3.63, 3.8) is 0 Å². The monoisotopic (exact) mass is 347 g/mol. The molecule has 0 aliphatic carbocycles. The van der Waals surface area contributed by atoms with Gasteiger partial charge in [-0.25, -0.2) is 4.39 Å². The van der Waals surface area contributed by atoms with Crippen molar-refractivity contribution in [2.24, 2.45) is 0 Å². The van der Waals surface area contributed by atoms with Crippen LogP contribution in [0, 0.1) is 5.82 Å². The highest BCUT2D eigenvalue weighted by atomic mass is 35.5. The number of amides is 1. The summed E-state index contributed by atoms with van der Waals surface area (Å²) in [4.78, 5) is 16.2. The average Bonchev–Trinajstić information content (AvgIpc) is 2.56. The van der Waals surface area contributed by atoms with Crippen LogP contribution in [0.5, 0.6) is 0 Å². The first-order chi connectivity index (χ1) is 11.1. The average molecular weight is 348 g/mol. The van der Waals surface area contributed by atoms with E-state index in [-0.39, 0.29) is 10.9 Å². The van der Waals surface area contributed by atoms with E-state index in [1.54, 1.807) is 17.0 Å². The predicted octanol–water partition coefficient (Wildman–Crippen LogP) is 4.89. The van der Waals surface area contributed by atoms with E-state index in [1.165, 1.54) is 17.8 Å². The number of benzene rings is 2. The van der Waals surface area contributed by atoms with Crippen molar-refractivity contribution in [3.05, 3.63) is 75.9 Å². The molecular weight excluding hydrogens is 333 g/mol. The second-order valence-corrected chi connectivity index (χ2v) is 6.77. The number of thioether (sulfide) groups is 1. The van der Waals surface area contributed by atoms with Gasteiger partial charge in [-0.05, 0) is 36.2 Å². The van der Waals surface area contributed by atoms with Gasteiger partial charge in [0.05, 0.1) is 9.93 Å². The van der Waals surface area contributed by atoms with Gasteiger partial charge in [0.2, 0.25) is 0 Å². The highest BCUT2D eigenvalue weighted by Crippen LogP contribution is 2.31. The van der Waals surface area contributed by atoms with Crippen molar-refractivity contribution in [3.8, 4) is 0 Å². The molecule has 1 amide bonds. The van der Waals surface area contributed by atoms with Crippen molar-refractivity contribution in [1.82, 2.24) is 4.90 Å². The smallest absolute Gasteiger partial charge is 0.260 e. The Bertz CT molecular complexity index is 748. The lowest BCUT2D eigenvalue weighted by Crippen LogP contribution is -2.34. The normalized spacial score (nSPS) is 14.8. The fraction of sp³-hybridized carbons (Fsp3) is 0.167. The van der Waals surface area contributed by atoms with Gasteiger partial charge < -0.3 is 4.90 Å². The van der Waals surface area contributed by atoms with Crippen LogP contribution in [0.1, 0.15) is 12.0 Å². The molecule has 0 saturated carbocycles. The molecular formula is C18H15ClFNOS. The fourth-order valence-corrected chi connectivity index (χ4v) is 3.57. The van der Waals surface area contributed by atoms with E-state index in [1.807, 2.05) is 36.4 Å². The highest BCUT2D eigenvalue weighted by Gasteiger charge is 2.23. The van der Waals surface area contributed by atoms with Gasteiger partial charge >= 0.3 is 0 Å². The standard InChI is InChI=1S/C18H15ClFNOS/c19-15-11-13(8-9-16(15)20)12-21-10-4-7-17(18(21)22)23-14-5-2-1-3-6-14/h1-3,5-9,11H,4,10,12H2. The minimum absolute atomic E-state index is 0.00514. The van der Waals surface area contributed by atoms with Crippen molar-refractivity contribution < 1.29 is 9.18 Å². The molecule has 0 saturated heterocycles. The minimum Gasteiger partial charge on any atom is -0.334 e.